The third-order valence-electron chi connectivity index (χ3n) is 7.12. The zero-order chi connectivity index (χ0) is 31.9. The quantitative estimate of drug-likeness (QED) is 0.281. The molecule has 2 aliphatic rings. The van der Waals surface area contributed by atoms with Gasteiger partial charge in [0.15, 0.2) is 0 Å². The van der Waals surface area contributed by atoms with Crippen LogP contribution >= 0.6 is 11.6 Å². The number of benzene rings is 1. The summed E-state index contributed by atoms with van der Waals surface area (Å²) in [6.07, 6.45) is -3.31. The number of hydrogen-bond acceptors (Lipinski definition) is 11. The molecule has 4 rings (SSSR count). The van der Waals surface area contributed by atoms with Crippen molar-refractivity contribution in [1.82, 2.24) is 9.97 Å². The fourth-order valence-corrected chi connectivity index (χ4v) is 5.45. The number of nitrogens with zero attached hydrogens (tertiary/aromatic N) is 4. The van der Waals surface area contributed by atoms with Crippen LogP contribution in [0.5, 0.6) is 0 Å². The minimum Gasteiger partial charge on any atom is -0.468 e. The average molecular weight is 640 g/mol. The summed E-state index contributed by atoms with van der Waals surface area (Å²) in [4.78, 5) is 41.4. The number of aromatic nitrogens is 2. The fraction of sp³-hybridized carbons (Fsp3) is 0.483. The van der Waals surface area contributed by atoms with E-state index in [0.29, 0.717) is 25.6 Å². The number of morpholine rings is 1. The Morgan fingerprint density at radius 1 is 1.20 bits per heavy atom. The third kappa shape index (κ3) is 7.66. The zero-order valence-electron chi connectivity index (χ0n) is 24.4. The van der Waals surface area contributed by atoms with Crippen molar-refractivity contribution in [3.05, 3.63) is 58.0 Å². The number of aliphatic imine (C=N–C) groups is 1. The Balaban J connectivity index is 1.58. The van der Waals surface area contributed by atoms with Crippen LogP contribution in [0.15, 0.2) is 46.9 Å². The largest absolute Gasteiger partial charge is 0.468 e. The Bertz CT molecular complexity index is 1410. The van der Waals surface area contributed by atoms with Gasteiger partial charge in [-0.1, -0.05) is 23.7 Å². The Labute approximate surface area is 257 Å². The molecule has 2 aliphatic heterocycles. The van der Waals surface area contributed by atoms with E-state index in [1.807, 2.05) is 6.07 Å². The summed E-state index contributed by atoms with van der Waals surface area (Å²) >= 11 is 6.30. The van der Waals surface area contributed by atoms with Crippen molar-refractivity contribution < 1.29 is 41.7 Å². The van der Waals surface area contributed by atoms with E-state index in [0.717, 1.165) is 32.1 Å². The van der Waals surface area contributed by atoms with Crippen molar-refractivity contribution in [2.45, 2.75) is 25.9 Å². The summed E-state index contributed by atoms with van der Waals surface area (Å²) in [6.45, 7) is 6.05. The summed E-state index contributed by atoms with van der Waals surface area (Å²) in [5, 5.41) is 2.52. The number of halogens is 4. The van der Waals surface area contributed by atoms with Crippen molar-refractivity contribution in [2.75, 3.05) is 70.0 Å². The van der Waals surface area contributed by atoms with Crippen LogP contribution in [0.1, 0.15) is 30.9 Å². The molecule has 0 aliphatic carbocycles. The summed E-state index contributed by atoms with van der Waals surface area (Å²) in [5.74, 6) is -2.80. The Morgan fingerprint density at radius 2 is 1.95 bits per heavy atom. The van der Waals surface area contributed by atoms with Gasteiger partial charge in [0, 0.05) is 37.3 Å². The van der Waals surface area contributed by atoms with Gasteiger partial charge in [0.25, 0.3) is 0 Å². The number of alkyl halides is 3. The minimum absolute atomic E-state index is 0.0274. The maximum absolute atomic E-state index is 13.8. The molecular weight excluding hydrogens is 607 g/mol. The number of carbonyl (C=O) groups is 2. The molecule has 0 radical (unpaired) electrons. The maximum atomic E-state index is 13.8. The molecule has 238 valence electrons. The highest BCUT2D eigenvalue weighted by Crippen LogP contribution is 2.46. The number of nitrogens with one attached hydrogen (secondary N) is 1. The molecule has 44 heavy (non-hydrogen) atoms. The van der Waals surface area contributed by atoms with E-state index in [-0.39, 0.29) is 42.4 Å². The first-order valence-electron chi connectivity index (χ1n) is 13.9. The summed E-state index contributed by atoms with van der Waals surface area (Å²) < 4.78 is 62.8. The number of rotatable bonds is 11. The molecule has 15 heteroatoms. The normalized spacial score (nSPS) is 19.0. The highest BCUT2D eigenvalue weighted by molar-refractivity contribution is 6.32. The van der Waals surface area contributed by atoms with Crippen LogP contribution in [0.2, 0.25) is 5.02 Å². The maximum Gasteiger partial charge on any atom is 0.417 e. The van der Waals surface area contributed by atoms with Gasteiger partial charge in [-0.2, -0.15) is 13.2 Å². The van der Waals surface area contributed by atoms with Gasteiger partial charge in [-0.25, -0.2) is 14.8 Å². The molecule has 0 bridgehead atoms. The molecule has 1 N–H and O–H groups in total. The van der Waals surface area contributed by atoms with Gasteiger partial charge in [-0.3, -0.25) is 9.79 Å². The average Bonchev–Trinajstić information content (AvgIpc) is 3.00. The van der Waals surface area contributed by atoms with E-state index in [9.17, 15) is 22.8 Å². The lowest BCUT2D eigenvalue weighted by Gasteiger charge is -2.32. The third-order valence-corrected chi connectivity index (χ3v) is 7.54. The van der Waals surface area contributed by atoms with Gasteiger partial charge >= 0.3 is 18.1 Å². The second-order valence-corrected chi connectivity index (χ2v) is 10.2. The van der Waals surface area contributed by atoms with Crippen molar-refractivity contribution in [3.8, 4) is 0 Å². The van der Waals surface area contributed by atoms with Crippen LogP contribution in [0.25, 0.3) is 0 Å². The zero-order valence-corrected chi connectivity index (χ0v) is 25.2. The number of hydrogen-bond donors (Lipinski definition) is 1. The lowest BCUT2D eigenvalue weighted by molar-refractivity contribution is -0.144. The van der Waals surface area contributed by atoms with Crippen LogP contribution in [0.3, 0.4) is 0 Å². The van der Waals surface area contributed by atoms with Gasteiger partial charge in [0.05, 0.1) is 62.0 Å². The van der Waals surface area contributed by atoms with Crippen LogP contribution in [-0.4, -0.2) is 87.4 Å². The predicted molar refractivity (Wildman–Crippen MR) is 156 cm³/mol. The number of methoxy groups -OCH3 is 1. The monoisotopic (exact) mass is 639 g/mol. The lowest BCUT2D eigenvalue weighted by atomic mass is 9.75. The van der Waals surface area contributed by atoms with Crippen LogP contribution < -0.4 is 10.2 Å². The van der Waals surface area contributed by atoms with Crippen LogP contribution in [0.4, 0.5) is 24.8 Å². The first-order chi connectivity index (χ1) is 21.1. The molecule has 2 aromatic rings. The molecule has 0 spiro atoms. The van der Waals surface area contributed by atoms with E-state index in [1.165, 1.54) is 25.4 Å². The number of anilines is 2. The Morgan fingerprint density at radius 3 is 2.64 bits per heavy atom. The summed E-state index contributed by atoms with van der Waals surface area (Å²) in [5.41, 5.74) is -0.997. The van der Waals surface area contributed by atoms with Gasteiger partial charge in [-0.05, 0) is 25.5 Å². The standard InChI is InChI=1S/C29H33ClF3N5O6/c1-4-44-28(40)25-20(15-43-11-8-34-21-14-22(36-16-35-21)38-9-12-42-13-10-38)37-17(2)23(27(39)41-3)24(25)18-6-5-7-19(26(18)30)29(31,32)33/h5-7,14,16,23-24H,4,8-13,15H2,1-3H3,(H,34,35,36). The smallest absolute Gasteiger partial charge is 0.417 e. The first kappa shape index (κ1) is 33.1. The van der Waals surface area contributed by atoms with Gasteiger partial charge in [0.2, 0.25) is 0 Å². The molecular formula is C29H33ClF3N5O6. The topological polar surface area (TPSA) is 124 Å². The highest BCUT2D eigenvalue weighted by atomic mass is 35.5. The molecule has 1 aromatic heterocycles. The number of esters is 2. The Kier molecular flexibility index (Phi) is 11.2. The van der Waals surface area contributed by atoms with Crippen molar-refractivity contribution in [3.63, 3.8) is 0 Å². The summed E-state index contributed by atoms with van der Waals surface area (Å²) in [7, 11) is 1.14. The second-order valence-electron chi connectivity index (χ2n) is 9.86. The van der Waals surface area contributed by atoms with Crippen LogP contribution in [-0.2, 0) is 34.7 Å². The van der Waals surface area contributed by atoms with Crippen molar-refractivity contribution in [1.29, 1.82) is 0 Å². The molecule has 1 fully saturated rings. The molecule has 0 saturated carbocycles. The SMILES string of the molecule is CCOC(=O)C1=C(COCCNc2cc(N3CCOCC3)ncn2)N=C(C)C(C(=O)OC)C1c1cccc(C(F)(F)F)c1Cl. The van der Waals surface area contributed by atoms with Crippen LogP contribution in [0, 0.1) is 5.92 Å². The molecule has 11 nitrogen and oxygen atoms in total. The van der Waals surface area contributed by atoms with E-state index in [1.54, 1.807) is 6.92 Å². The lowest BCUT2D eigenvalue weighted by Crippen LogP contribution is -2.37. The van der Waals surface area contributed by atoms with Gasteiger partial charge in [0.1, 0.15) is 23.9 Å². The van der Waals surface area contributed by atoms with E-state index in [2.05, 4.69) is 25.2 Å². The summed E-state index contributed by atoms with van der Waals surface area (Å²) in [6, 6.07) is 5.15. The van der Waals surface area contributed by atoms with E-state index < -0.39 is 40.5 Å². The number of carbonyl (C=O) groups excluding carboxylic acids is 2. The number of ether oxygens (including phenoxy) is 4. The molecule has 1 saturated heterocycles. The molecule has 2 atom stereocenters. The van der Waals surface area contributed by atoms with Crippen molar-refractivity contribution in [2.24, 2.45) is 10.9 Å². The first-order valence-corrected chi connectivity index (χ1v) is 14.3. The second kappa shape index (κ2) is 14.8. The van der Waals surface area contributed by atoms with Gasteiger partial charge in [-0.15, -0.1) is 0 Å². The van der Waals surface area contributed by atoms with E-state index >= 15 is 0 Å². The predicted octanol–water partition coefficient (Wildman–Crippen LogP) is 4.28. The molecule has 1 aromatic carbocycles. The van der Waals surface area contributed by atoms with Crippen molar-refractivity contribution >= 4 is 40.9 Å². The highest BCUT2D eigenvalue weighted by Gasteiger charge is 2.45. The fourth-order valence-electron chi connectivity index (χ4n) is 5.10. The Hall–Kier alpha value is -3.75. The van der Waals surface area contributed by atoms with Gasteiger partial charge < -0.3 is 29.2 Å². The molecule has 3 heterocycles. The molecule has 0 amide bonds. The molecule has 2 unspecified atom stereocenters. The minimum atomic E-state index is -4.77. The van der Waals surface area contributed by atoms with E-state index in [4.69, 9.17) is 30.5 Å².